The van der Waals surface area contributed by atoms with Crippen LogP contribution >= 0.6 is 0 Å². The summed E-state index contributed by atoms with van der Waals surface area (Å²) in [5.74, 6) is 0.00901. The molecule has 1 fully saturated rings. The molecule has 0 saturated carbocycles. The van der Waals surface area contributed by atoms with Crippen LogP contribution in [-0.2, 0) is 10.0 Å². The first-order chi connectivity index (χ1) is 14.1. The lowest BCUT2D eigenvalue weighted by Gasteiger charge is -2.34. The molecule has 1 aliphatic heterocycles. The number of rotatable bonds is 5. The number of carbonyl (C=O) groups excluding carboxylic acids is 1. The number of piperidine rings is 1. The average molecular weight is 432 g/mol. The van der Waals surface area contributed by atoms with Gasteiger partial charge in [-0.15, -0.1) is 0 Å². The Balaban J connectivity index is 1.86. The summed E-state index contributed by atoms with van der Waals surface area (Å²) in [6.07, 6.45) is 0.983. The molecule has 2 aromatic rings. The van der Waals surface area contributed by atoms with Gasteiger partial charge in [0.1, 0.15) is 0 Å². The number of non-ortho nitro benzene ring substituents is 1. The molecule has 1 aliphatic rings. The number of nitro benzene ring substituents is 1. The van der Waals surface area contributed by atoms with Gasteiger partial charge in [-0.3, -0.25) is 14.9 Å². The molecule has 0 radical (unpaired) electrons. The van der Waals surface area contributed by atoms with Gasteiger partial charge in [0.15, 0.2) is 0 Å². The normalized spacial score (nSPS) is 20.0. The second-order valence-electron chi connectivity index (χ2n) is 8.01. The predicted molar refractivity (Wildman–Crippen MR) is 114 cm³/mol. The van der Waals surface area contributed by atoms with Gasteiger partial charge < -0.3 is 5.32 Å². The first-order valence-electron chi connectivity index (χ1n) is 9.74. The van der Waals surface area contributed by atoms with Gasteiger partial charge in [0.05, 0.1) is 15.5 Å². The van der Waals surface area contributed by atoms with Crippen LogP contribution in [0.15, 0.2) is 47.4 Å². The number of nitrogens with zero attached hydrogens (tertiary/aromatic N) is 2. The van der Waals surface area contributed by atoms with Gasteiger partial charge in [-0.1, -0.05) is 26.0 Å². The average Bonchev–Trinajstić information content (AvgIpc) is 2.68. The minimum atomic E-state index is -3.72. The van der Waals surface area contributed by atoms with Crippen molar-refractivity contribution >= 4 is 27.3 Å². The molecule has 9 heteroatoms. The Morgan fingerprint density at radius 2 is 1.80 bits per heavy atom. The first kappa shape index (κ1) is 21.9. The summed E-state index contributed by atoms with van der Waals surface area (Å²) in [4.78, 5) is 23.2. The Morgan fingerprint density at radius 3 is 2.43 bits per heavy atom. The number of hydrogen-bond acceptors (Lipinski definition) is 5. The monoisotopic (exact) mass is 431 g/mol. The Labute approximate surface area is 176 Å². The van der Waals surface area contributed by atoms with E-state index < -0.39 is 20.9 Å². The molecule has 1 amide bonds. The maximum atomic E-state index is 13.1. The number of hydrogen-bond donors (Lipinski definition) is 1. The number of benzene rings is 2. The molecule has 0 bridgehead atoms. The fourth-order valence-corrected chi connectivity index (χ4v) is 5.53. The number of carbonyl (C=O) groups is 1. The first-order valence-corrected chi connectivity index (χ1v) is 11.2. The smallest absolute Gasteiger partial charge is 0.271 e. The van der Waals surface area contributed by atoms with Crippen molar-refractivity contribution in [1.29, 1.82) is 0 Å². The van der Waals surface area contributed by atoms with Gasteiger partial charge in [0, 0.05) is 30.8 Å². The highest BCUT2D eigenvalue weighted by molar-refractivity contribution is 7.89. The number of anilines is 1. The van der Waals surface area contributed by atoms with E-state index in [1.807, 2.05) is 13.8 Å². The van der Waals surface area contributed by atoms with Crippen molar-refractivity contribution in [3.63, 3.8) is 0 Å². The number of nitro groups is 1. The van der Waals surface area contributed by atoms with E-state index in [2.05, 4.69) is 5.32 Å². The van der Waals surface area contributed by atoms with Crippen LogP contribution in [-0.4, -0.2) is 36.6 Å². The fraction of sp³-hybridized carbons (Fsp3) is 0.381. The van der Waals surface area contributed by atoms with Crippen molar-refractivity contribution in [3.05, 3.63) is 63.7 Å². The number of amides is 1. The summed E-state index contributed by atoms with van der Waals surface area (Å²) in [7, 11) is -3.72. The predicted octanol–water partition coefficient (Wildman–Crippen LogP) is 3.82. The summed E-state index contributed by atoms with van der Waals surface area (Å²) >= 11 is 0. The van der Waals surface area contributed by atoms with E-state index in [0.29, 0.717) is 24.3 Å². The zero-order valence-corrected chi connectivity index (χ0v) is 18.0. The van der Waals surface area contributed by atoms with E-state index in [1.54, 1.807) is 13.0 Å². The van der Waals surface area contributed by atoms with Crippen LogP contribution in [0.25, 0.3) is 0 Å². The van der Waals surface area contributed by atoms with Gasteiger partial charge in [0.2, 0.25) is 10.0 Å². The largest absolute Gasteiger partial charge is 0.321 e. The van der Waals surface area contributed by atoms with E-state index in [1.165, 1.54) is 40.7 Å². The molecule has 0 aromatic heterocycles. The quantitative estimate of drug-likeness (QED) is 0.572. The van der Waals surface area contributed by atoms with E-state index in [9.17, 15) is 23.3 Å². The second-order valence-corrected chi connectivity index (χ2v) is 9.94. The fourth-order valence-electron chi connectivity index (χ4n) is 3.80. The van der Waals surface area contributed by atoms with Crippen molar-refractivity contribution < 1.29 is 18.1 Å². The Morgan fingerprint density at radius 1 is 1.13 bits per heavy atom. The van der Waals surface area contributed by atoms with Crippen molar-refractivity contribution in [2.45, 2.75) is 32.1 Å². The van der Waals surface area contributed by atoms with Gasteiger partial charge in [-0.25, -0.2) is 8.42 Å². The number of aryl methyl sites for hydroxylation is 1. The number of sulfonamides is 1. The van der Waals surface area contributed by atoms with E-state index in [4.69, 9.17) is 0 Å². The van der Waals surface area contributed by atoms with Gasteiger partial charge >= 0.3 is 0 Å². The zero-order chi connectivity index (χ0) is 22.1. The highest BCUT2D eigenvalue weighted by atomic mass is 32.2. The maximum Gasteiger partial charge on any atom is 0.271 e. The molecule has 3 rings (SSSR count). The second kappa shape index (κ2) is 8.53. The minimum absolute atomic E-state index is 0.0622. The third-order valence-electron chi connectivity index (χ3n) is 5.25. The lowest BCUT2D eigenvalue weighted by Crippen LogP contribution is -2.42. The lowest BCUT2D eigenvalue weighted by atomic mass is 9.94. The Hall–Kier alpha value is -2.78. The molecular weight excluding hydrogens is 406 g/mol. The van der Waals surface area contributed by atoms with Crippen LogP contribution in [0.4, 0.5) is 11.4 Å². The van der Waals surface area contributed by atoms with Gasteiger partial charge in [0.25, 0.3) is 11.6 Å². The molecule has 160 valence electrons. The molecule has 1 heterocycles. The van der Waals surface area contributed by atoms with Crippen LogP contribution < -0.4 is 5.32 Å². The Bertz CT molecular complexity index is 1070. The molecule has 0 aliphatic carbocycles. The molecule has 2 atom stereocenters. The summed E-state index contributed by atoms with van der Waals surface area (Å²) < 4.78 is 27.7. The zero-order valence-electron chi connectivity index (χ0n) is 17.2. The molecule has 1 N–H and O–H groups in total. The van der Waals surface area contributed by atoms with Crippen molar-refractivity contribution in [2.75, 3.05) is 18.4 Å². The molecule has 8 nitrogen and oxygen atoms in total. The summed E-state index contributed by atoms with van der Waals surface area (Å²) in [6.45, 7) is 6.69. The van der Waals surface area contributed by atoms with Crippen molar-refractivity contribution in [2.24, 2.45) is 11.8 Å². The molecule has 0 spiro atoms. The van der Waals surface area contributed by atoms with E-state index in [-0.39, 0.29) is 28.0 Å². The Kier molecular flexibility index (Phi) is 6.23. The molecular formula is C21H25N3O5S. The lowest BCUT2D eigenvalue weighted by molar-refractivity contribution is -0.384. The minimum Gasteiger partial charge on any atom is -0.321 e. The molecule has 2 unspecified atom stereocenters. The van der Waals surface area contributed by atoms with Crippen molar-refractivity contribution in [1.82, 2.24) is 4.31 Å². The SMILES string of the molecule is Cc1ccc([N+](=O)[O-])cc1NC(=O)c1cccc(S(=O)(=O)N2CC(C)CC(C)C2)c1. The van der Waals surface area contributed by atoms with E-state index in [0.717, 1.165) is 6.42 Å². The van der Waals surface area contributed by atoms with Gasteiger partial charge in [-0.2, -0.15) is 4.31 Å². The van der Waals surface area contributed by atoms with Crippen LogP contribution in [0.2, 0.25) is 0 Å². The third-order valence-corrected chi connectivity index (χ3v) is 7.08. The van der Waals surface area contributed by atoms with Gasteiger partial charge in [-0.05, 0) is 48.9 Å². The summed E-state index contributed by atoms with van der Waals surface area (Å²) in [5.41, 5.74) is 0.996. The highest BCUT2D eigenvalue weighted by Gasteiger charge is 2.32. The van der Waals surface area contributed by atoms with E-state index >= 15 is 0 Å². The van der Waals surface area contributed by atoms with Crippen LogP contribution in [0, 0.1) is 28.9 Å². The molecule has 2 aromatic carbocycles. The maximum absolute atomic E-state index is 13.1. The molecule has 1 saturated heterocycles. The van der Waals surface area contributed by atoms with Crippen LogP contribution in [0.1, 0.15) is 36.2 Å². The summed E-state index contributed by atoms with van der Waals surface area (Å²) in [6, 6.07) is 10.1. The highest BCUT2D eigenvalue weighted by Crippen LogP contribution is 2.27. The standard InChI is InChI=1S/C21H25N3O5S/c1-14-9-15(2)13-23(12-14)30(28,29)19-6-4-5-17(10-19)21(25)22-20-11-18(24(26)27)8-7-16(20)3/h4-8,10-11,14-15H,9,12-13H2,1-3H3,(H,22,25). The third kappa shape index (κ3) is 4.68. The summed E-state index contributed by atoms with van der Waals surface area (Å²) in [5, 5.41) is 13.6. The number of nitrogens with one attached hydrogen (secondary N) is 1. The van der Waals surface area contributed by atoms with Crippen molar-refractivity contribution in [3.8, 4) is 0 Å². The van der Waals surface area contributed by atoms with Crippen LogP contribution in [0.3, 0.4) is 0 Å². The molecule has 30 heavy (non-hydrogen) atoms. The van der Waals surface area contributed by atoms with Crippen LogP contribution in [0.5, 0.6) is 0 Å². The topological polar surface area (TPSA) is 110 Å².